The molecule has 0 aromatic carbocycles. The van der Waals surface area contributed by atoms with Crippen molar-refractivity contribution in [1.82, 2.24) is 10.2 Å². The number of amides is 1. The lowest BCUT2D eigenvalue weighted by Crippen LogP contribution is -2.46. The summed E-state index contributed by atoms with van der Waals surface area (Å²) in [6, 6.07) is 1.96. The molecule has 4 heteroatoms. The normalized spacial score (nSPS) is 21.5. The lowest BCUT2D eigenvalue weighted by Gasteiger charge is -2.24. The Morgan fingerprint density at radius 3 is 2.80 bits per heavy atom. The van der Waals surface area contributed by atoms with Crippen LogP contribution in [0.2, 0.25) is 0 Å². The van der Waals surface area contributed by atoms with Crippen LogP contribution in [-0.4, -0.2) is 35.5 Å². The van der Waals surface area contributed by atoms with E-state index in [1.807, 2.05) is 20.8 Å². The fourth-order valence-corrected chi connectivity index (χ4v) is 1.64. The van der Waals surface area contributed by atoms with Crippen molar-refractivity contribution in [3.8, 4) is 6.07 Å². The smallest absolute Gasteiger partial charge is 0.237 e. The molecule has 1 fully saturated rings. The van der Waals surface area contributed by atoms with Gasteiger partial charge in [0, 0.05) is 12.1 Å². The van der Waals surface area contributed by atoms with E-state index in [0.29, 0.717) is 6.54 Å². The lowest BCUT2D eigenvalue weighted by molar-refractivity contribution is -0.130. The van der Waals surface area contributed by atoms with E-state index < -0.39 is 0 Å². The molecule has 0 aromatic heterocycles. The van der Waals surface area contributed by atoms with E-state index in [0.717, 1.165) is 19.4 Å². The SMILES string of the molecule is CC(C)(C)NCC(=O)N1CCCC1C#N. The molecule has 1 atom stereocenters. The van der Waals surface area contributed by atoms with Crippen LogP contribution in [0.25, 0.3) is 0 Å². The van der Waals surface area contributed by atoms with E-state index >= 15 is 0 Å². The Morgan fingerprint density at radius 2 is 2.27 bits per heavy atom. The molecule has 1 unspecified atom stereocenters. The molecule has 1 amide bonds. The maximum absolute atomic E-state index is 11.8. The highest BCUT2D eigenvalue weighted by Gasteiger charge is 2.28. The first-order chi connectivity index (χ1) is 6.94. The number of nitrogens with one attached hydrogen (secondary N) is 1. The molecule has 0 saturated carbocycles. The summed E-state index contributed by atoms with van der Waals surface area (Å²) in [5.41, 5.74) is -0.0580. The lowest BCUT2D eigenvalue weighted by atomic mass is 10.1. The van der Waals surface area contributed by atoms with Gasteiger partial charge < -0.3 is 10.2 Å². The van der Waals surface area contributed by atoms with Crippen molar-refractivity contribution in [2.45, 2.75) is 45.2 Å². The summed E-state index contributed by atoms with van der Waals surface area (Å²) in [5.74, 6) is 0.0361. The van der Waals surface area contributed by atoms with Crippen molar-refractivity contribution in [2.24, 2.45) is 0 Å². The third-order valence-corrected chi connectivity index (χ3v) is 2.49. The number of rotatable bonds is 2. The molecule has 0 aromatic rings. The third-order valence-electron chi connectivity index (χ3n) is 2.49. The summed E-state index contributed by atoms with van der Waals surface area (Å²) >= 11 is 0. The first kappa shape index (κ1) is 12.0. The highest BCUT2D eigenvalue weighted by Crippen LogP contribution is 2.16. The van der Waals surface area contributed by atoms with Gasteiger partial charge in [-0.1, -0.05) is 0 Å². The average Bonchev–Trinajstić information content (AvgIpc) is 2.60. The van der Waals surface area contributed by atoms with Crippen molar-refractivity contribution >= 4 is 5.91 Å². The van der Waals surface area contributed by atoms with Gasteiger partial charge in [0.15, 0.2) is 0 Å². The molecule has 0 spiro atoms. The van der Waals surface area contributed by atoms with Crippen LogP contribution in [0.3, 0.4) is 0 Å². The zero-order valence-electron chi connectivity index (χ0n) is 9.71. The predicted octanol–water partition coefficient (Wildman–Crippen LogP) is 0.889. The molecular formula is C11H19N3O. The van der Waals surface area contributed by atoms with E-state index in [9.17, 15) is 4.79 Å². The van der Waals surface area contributed by atoms with Crippen molar-refractivity contribution in [3.63, 3.8) is 0 Å². The molecule has 1 aliphatic heterocycles. The van der Waals surface area contributed by atoms with E-state index in [-0.39, 0.29) is 17.5 Å². The molecule has 1 N–H and O–H groups in total. The largest absolute Gasteiger partial charge is 0.326 e. The van der Waals surface area contributed by atoms with Gasteiger partial charge in [0.1, 0.15) is 6.04 Å². The Morgan fingerprint density at radius 1 is 1.60 bits per heavy atom. The first-order valence-corrected chi connectivity index (χ1v) is 5.38. The fourth-order valence-electron chi connectivity index (χ4n) is 1.64. The number of carbonyl (C=O) groups is 1. The molecule has 0 aliphatic carbocycles. The van der Waals surface area contributed by atoms with Gasteiger partial charge >= 0.3 is 0 Å². The Kier molecular flexibility index (Phi) is 3.70. The van der Waals surface area contributed by atoms with Gasteiger partial charge in [-0.25, -0.2) is 0 Å². The van der Waals surface area contributed by atoms with Crippen LogP contribution in [0.15, 0.2) is 0 Å². The molecule has 1 aliphatic rings. The maximum atomic E-state index is 11.8. The molecule has 0 bridgehead atoms. The van der Waals surface area contributed by atoms with Gasteiger partial charge in [0.05, 0.1) is 12.6 Å². The van der Waals surface area contributed by atoms with Crippen molar-refractivity contribution < 1.29 is 4.79 Å². The number of nitriles is 1. The van der Waals surface area contributed by atoms with E-state index in [1.165, 1.54) is 0 Å². The Hall–Kier alpha value is -1.08. The monoisotopic (exact) mass is 209 g/mol. The average molecular weight is 209 g/mol. The summed E-state index contributed by atoms with van der Waals surface area (Å²) < 4.78 is 0. The fraction of sp³-hybridized carbons (Fsp3) is 0.818. The third kappa shape index (κ3) is 3.52. The molecule has 1 rings (SSSR count). The van der Waals surface area contributed by atoms with Crippen LogP contribution in [0.5, 0.6) is 0 Å². The number of carbonyl (C=O) groups excluding carboxylic acids is 1. The minimum Gasteiger partial charge on any atom is -0.326 e. The summed E-state index contributed by atoms with van der Waals surface area (Å²) in [5, 5.41) is 12.0. The number of hydrogen-bond donors (Lipinski definition) is 1. The highest BCUT2D eigenvalue weighted by atomic mass is 16.2. The Bertz CT molecular complexity index is 275. The van der Waals surface area contributed by atoms with Crippen LogP contribution in [0.4, 0.5) is 0 Å². The molecule has 0 radical (unpaired) electrons. The standard InChI is InChI=1S/C11H19N3O/c1-11(2,3)13-8-10(15)14-6-4-5-9(14)7-12/h9,13H,4-6,8H2,1-3H3. The van der Waals surface area contributed by atoms with Gasteiger partial charge in [-0.3, -0.25) is 4.79 Å². The van der Waals surface area contributed by atoms with Crippen LogP contribution in [-0.2, 0) is 4.79 Å². The zero-order valence-corrected chi connectivity index (χ0v) is 9.71. The van der Waals surface area contributed by atoms with Crippen LogP contribution in [0.1, 0.15) is 33.6 Å². The number of nitrogens with zero attached hydrogens (tertiary/aromatic N) is 2. The Labute approximate surface area is 91.2 Å². The van der Waals surface area contributed by atoms with E-state index in [4.69, 9.17) is 5.26 Å². The van der Waals surface area contributed by atoms with Gasteiger partial charge in [0.2, 0.25) is 5.91 Å². The Balaban J connectivity index is 2.44. The van der Waals surface area contributed by atoms with Crippen molar-refractivity contribution in [3.05, 3.63) is 0 Å². The second-order valence-corrected chi connectivity index (χ2v) is 4.98. The number of hydrogen-bond acceptors (Lipinski definition) is 3. The molecule has 84 valence electrons. The van der Waals surface area contributed by atoms with Crippen molar-refractivity contribution in [1.29, 1.82) is 5.26 Å². The minimum atomic E-state index is -0.209. The zero-order chi connectivity index (χ0) is 11.5. The molecule has 15 heavy (non-hydrogen) atoms. The minimum absolute atomic E-state index is 0.0361. The maximum Gasteiger partial charge on any atom is 0.237 e. The van der Waals surface area contributed by atoms with Gasteiger partial charge in [-0.2, -0.15) is 5.26 Å². The molecule has 4 nitrogen and oxygen atoms in total. The topological polar surface area (TPSA) is 56.1 Å². The molecule has 1 saturated heterocycles. The van der Waals surface area contributed by atoms with Gasteiger partial charge in [-0.05, 0) is 33.6 Å². The van der Waals surface area contributed by atoms with Crippen LogP contribution >= 0.6 is 0 Å². The summed E-state index contributed by atoms with van der Waals surface area (Å²) in [7, 11) is 0. The number of likely N-dealkylation sites (tertiary alicyclic amines) is 1. The summed E-state index contributed by atoms with van der Waals surface area (Å²) in [6.07, 6.45) is 1.76. The predicted molar refractivity (Wildman–Crippen MR) is 58.1 cm³/mol. The van der Waals surface area contributed by atoms with Gasteiger partial charge in [-0.15, -0.1) is 0 Å². The second-order valence-electron chi connectivity index (χ2n) is 4.98. The van der Waals surface area contributed by atoms with E-state index in [2.05, 4.69) is 11.4 Å². The van der Waals surface area contributed by atoms with Crippen LogP contribution < -0.4 is 5.32 Å². The first-order valence-electron chi connectivity index (χ1n) is 5.38. The molecular weight excluding hydrogens is 190 g/mol. The second kappa shape index (κ2) is 4.63. The summed E-state index contributed by atoms with van der Waals surface area (Å²) in [6.45, 7) is 7.11. The van der Waals surface area contributed by atoms with E-state index in [1.54, 1.807) is 4.90 Å². The van der Waals surface area contributed by atoms with Crippen LogP contribution in [0, 0.1) is 11.3 Å². The van der Waals surface area contributed by atoms with Gasteiger partial charge in [0.25, 0.3) is 0 Å². The van der Waals surface area contributed by atoms with Crippen molar-refractivity contribution in [2.75, 3.05) is 13.1 Å². The molecule has 1 heterocycles. The quantitative estimate of drug-likeness (QED) is 0.734. The summed E-state index contributed by atoms with van der Waals surface area (Å²) in [4.78, 5) is 13.5. The highest BCUT2D eigenvalue weighted by molar-refractivity contribution is 5.79.